The number of benzene rings is 1. The molecule has 2 aromatic heterocycles. The Kier molecular flexibility index (Phi) is 30.8. The van der Waals surface area contributed by atoms with E-state index in [0.29, 0.717) is 30.2 Å². The number of halogens is 1. The van der Waals surface area contributed by atoms with Gasteiger partial charge in [-0.05, 0) is 96.0 Å². The van der Waals surface area contributed by atoms with Crippen molar-refractivity contribution in [2.45, 2.75) is 88.0 Å². The molecule has 0 spiro atoms. The van der Waals surface area contributed by atoms with Crippen molar-refractivity contribution in [3.63, 3.8) is 0 Å². The Labute approximate surface area is 302 Å². The summed E-state index contributed by atoms with van der Waals surface area (Å²) in [6, 6.07) is 6.02. The summed E-state index contributed by atoms with van der Waals surface area (Å²) in [4.78, 5) is 2.31. The molecule has 50 heavy (non-hydrogen) atoms. The first-order valence-electron chi connectivity index (χ1n) is 16.8. The molecule has 0 unspecified atom stereocenters. The van der Waals surface area contributed by atoms with E-state index in [-0.39, 0.29) is 5.83 Å². The van der Waals surface area contributed by atoms with Gasteiger partial charge in [-0.2, -0.15) is 5.10 Å². The third-order valence-electron chi connectivity index (χ3n) is 6.95. The van der Waals surface area contributed by atoms with Crippen molar-refractivity contribution in [3.8, 4) is 55.5 Å². The Morgan fingerprint density at radius 1 is 0.980 bits per heavy atom. The molecular weight excluding hydrogens is 629 g/mol. The van der Waals surface area contributed by atoms with Gasteiger partial charge in [-0.1, -0.05) is 41.0 Å². The molecule has 0 bridgehead atoms. The summed E-state index contributed by atoms with van der Waals surface area (Å²) in [6.07, 6.45) is 33.4. The Hall–Kier alpha value is -5.04. The summed E-state index contributed by atoms with van der Waals surface area (Å²) >= 11 is 0. The number of nitrogens with zero attached hydrogens (tertiary/aromatic N) is 4. The van der Waals surface area contributed by atoms with Crippen LogP contribution in [0.15, 0.2) is 52.2 Å². The number of aromatic amines is 1. The molecule has 0 saturated carbocycles. The standard InChI is InChI=1S/C17H18N4O2.C14H24FNO.2C2H6.3C2H2/c1-10-7-13(5-6-15(10)22-4)16-14(12(3)19-20-16)8-11(2)17-21-18-9-23-17;1-4-8-14(15)13(12(2)17-3)11-16-9-6-5-7-10-16;5*1-2/h5-9H,1-4H3,(H,19,20);8H,4-7,9-11H2,1-3H3;2*1-2H3;3*1-2H/b11-8+;13-12+,14-8+;;;;;. The van der Waals surface area contributed by atoms with Gasteiger partial charge in [0, 0.05) is 34.5 Å². The Balaban J connectivity index is -0.000000726. The topological polar surface area (TPSA) is 89.3 Å². The summed E-state index contributed by atoms with van der Waals surface area (Å²) in [5.41, 5.74) is 6.55. The van der Waals surface area contributed by atoms with Gasteiger partial charge in [0.1, 0.15) is 11.6 Å². The van der Waals surface area contributed by atoms with Crippen molar-refractivity contribution in [2.24, 2.45) is 0 Å². The third kappa shape index (κ3) is 16.9. The van der Waals surface area contributed by atoms with E-state index in [1.54, 1.807) is 20.3 Å². The highest BCUT2D eigenvalue weighted by Gasteiger charge is 2.17. The maximum absolute atomic E-state index is 14.0. The van der Waals surface area contributed by atoms with Gasteiger partial charge in [0.25, 0.3) is 0 Å². The minimum atomic E-state index is -0.127. The summed E-state index contributed by atoms with van der Waals surface area (Å²) in [6.45, 7) is 20.5. The van der Waals surface area contributed by atoms with Gasteiger partial charge in [-0.3, -0.25) is 10.00 Å². The van der Waals surface area contributed by atoms with E-state index in [1.165, 1.54) is 25.7 Å². The molecule has 1 N–H and O–H groups in total. The number of ether oxygens (including phenoxy) is 2. The molecular formula is C41H60FN5O3. The molecule has 1 aliphatic rings. The van der Waals surface area contributed by atoms with E-state index >= 15 is 0 Å². The number of terminal acetylenes is 3. The zero-order valence-electron chi connectivity index (χ0n) is 32.3. The second-order valence-electron chi connectivity index (χ2n) is 9.90. The molecule has 0 amide bonds. The molecule has 0 aliphatic carbocycles. The lowest BCUT2D eigenvalue weighted by molar-refractivity contribution is 0.234. The van der Waals surface area contributed by atoms with Gasteiger partial charge < -0.3 is 13.9 Å². The number of nitrogens with one attached hydrogen (secondary N) is 1. The second kappa shape index (κ2) is 31.2. The highest BCUT2D eigenvalue weighted by atomic mass is 19.1. The number of rotatable bonds is 9. The Morgan fingerprint density at radius 3 is 2.06 bits per heavy atom. The molecule has 0 radical (unpaired) electrons. The van der Waals surface area contributed by atoms with E-state index < -0.39 is 0 Å². The number of likely N-dealkylation sites (tertiary alicyclic amines) is 1. The molecule has 1 aromatic carbocycles. The first-order valence-corrected chi connectivity index (χ1v) is 16.8. The summed E-state index contributed by atoms with van der Waals surface area (Å²) in [7, 11) is 3.27. The predicted molar refractivity (Wildman–Crippen MR) is 210 cm³/mol. The maximum atomic E-state index is 14.0. The average Bonchev–Trinajstić information content (AvgIpc) is 3.86. The van der Waals surface area contributed by atoms with Crippen LogP contribution < -0.4 is 4.74 Å². The fourth-order valence-corrected chi connectivity index (χ4v) is 4.61. The molecule has 1 aliphatic heterocycles. The van der Waals surface area contributed by atoms with Crippen LogP contribution >= 0.6 is 0 Å². The van der Waals surface area contributed by atoms with Crippen LogP contribution in [0.25, 0.3) is 22.9 Å². The van der Waals surface area contributed by atoms with Crippen LogP contribution in [0.5, 0.6) is 5.75 Å². The number of hydrogen-bond acceptors (Lipinski definition) is 7. The second-order valence-corrected chi connectivity index (χ2v) is 9.90. The zero-order chi connectivity index (χ0) is 39.1. The number of piperidine rings is 1. The molecule has 274 valence electrons. The molecule has 4 rings (SSSR count). The number of methoxy groups -OCH3 is 2. The number of hydrogen-bond donors (Lipinski definition) is 1. The van der Waals surface area contributed by atoms with Crippen LogP contribution in [0, 0.1) is 52.4 Å². The third-order valence-corrected chi connectivity index (χ3v) is 6.95. The van der Waals surface area contributed by atoms with Crippen LogP contribution in [0.2, 0.25) is 0 Å². The zero-order valence-corrected chi connectivity index (χ0v) is 32.3. The molecule has 9 heteroatoms. The number of allylic oxidation sites excluding steroid dienone is 3. The number of aromatic nitrogens is 4. The van der Waals surface area contributed by atoms with E-state index in [2.05, 4.69) is 69.9 Å². The van der Waals surface area contributed by atoms with E-state index in [4.69, 9.17) is 13.9 Å². The molecule has 3 heterocycles. The highest BCUT2D eigenvalue weighted by molar-refractivity contribution is 5.84. The molecule has 3 aromatic rings. The van der Waals surface area contributed by atoms with Crippen molar-refractivity contribution in [3.05, 3.63) is 70.5 Å². The van der Waals surface area contributed by atoms with Gasteiger partial charge >= 0.3 is 0 Å². The quantitative estimate of drug-likeness (QED) is 0.136. The van der Waals surface area contributed by atoms with Crippen molar-refractivity contribution in [1.29, 1.82) is 0 Å². The summed E-state index contributed by atoms with van der Waals surface area (Å²) in [5, 5.41) is 15.1. The van der Waals surface area contributed by atoms with Crippen molar-refractivity contribution in [1.82, 2.24) is 25.3 Å². The van der Waals surface area contributed by atoms with Gasteiger partial charge in [-0.15, -0.1) is 48.7 Å². The van der Waals surface area contributed by atoms with E-state index in [0.717, 1.165) is 52.5 Å². The summed E-state index contributed by atoms with van der Waals surface area (Å²) in [5.74, 6) is 1.93. The Morgan fingerprint density at radius 2 is 1.58 bits per heavy atom. The van der Waals surface area contributed by atoms with Crippen LogP contribution in [0.1, 0.15) is 96.9 Å². The smallest absolute Gasteiger partial charge is 0.243 e. The molecule has 1 fully saturated rings. The average molecular weight is 690 g/mol. The minimum absolute atomic E-state index is 0.127. The van der Waals surface area contributed by atoms with Crippen LogP contribution in [-0.2, 0) is 4.74 Å². The first kappa shape index (κ1) is 49.3. The van der Waals surface area contributed by atoms with Crippen LogP contribution in [0.4, 0.5) is 4.39 Å². The fraction of sp³-hybridized carbons (Fsp3) is 0.439. The maximum Gasteiger partial charge on any atom is 0.243 e. The van der Waals surface area contributed by atoms with E-state index in [1.807, 2.05) is 80.5 Å². The predicted octanol–water partition coefficient (Wildman–Crippen LogP) is 10.1. The van der Waals surface area contributed by atoms with Gasteiger partial charge in [-0.25, -0.2) is 4.39 Å². The van der Waals surface area contributed by atoms with Gasteiger partial charge in [0.05, 0.1) is 25.7 Å². The molecule has 1 saturated heterocycles. The van der Waals surface area contributed by atoms with Gasteiger partial charge in [0.15, 0.2) is 0 Å². The van der Waals surface area contributed by atoms with Gasteiger partial charge in [0.2, 0.25) is 12.3 Å². The number of aryl methyl sites for hydroxylation is 2. The van der Waals surface area contributed by atoms with Crippen LogP contribution in [-0.4, -0.2) is 59.1 Å². The molecule has 0 atom stereocenters. The van der Waals surface area contributed by atoms with Crippen molar-refractivity contribution >= 4 is 11.6 Å². The van der Waals surface area contributed by atoms with Crippen molar-refractivity contribution < 1.29 is 18.3 Å². The fourth-order valence-electron chi connectivity index (χ4n) is 4.61. The van der Waals surface area contributed by atoms with E-state index in [9.17, 15) is 4.39 Å². The minimum Gasteiger partial charge on any atom is -0.501 e. The largest absolute Gasteiger partial charge is 0.501 e. The van der Waals surface area contributed by atoms with Crippen molar-refractivity contribution in [2.75, 3.05) is 33.9 Å². The SMILES string of the molecule is C#C.C#C.C#C.CC.CC.CC/C=C(F)\C(CN1CCCCC1)=C(/C)OC.COc1ccc(-c2n[nH]c(C)c2/C=C(\C)c2nnco2)cc1C. The number of H-pyrrole nitrogens is 1. The summed E-state index contributed by atoms with van der Waals surface area (Å²) < 4.78 is 29.7. The Bertz CT molecular complexity index is 1440. The lowest BCUT2D eigenvalue weighted by Crippen LogP contribution is -2.32. The molecule has 8 nitrogen and oxygen atoms in total. The lowest BCUT2D eigenvalue weighted by atomic mass is 10.0. The first-order chi connectivity index (χ1) is 24.3. The van der Waals surface area contributed by atoms with Crippen LogP contribution in [0.3, 0.4) is 0 Å². The highest BCUT2D eigenvalue weighted by Crippen LogP contribution is 2.30. The monoisotopic (exact) mass is 689 g/mol. The normalized spacial score (nSPS) is 12.6. The lowest BCUT2D eigenvalue weighted by Gasteiger charge is -2.27.